The number of nitrogens with zero attached hydrogens (tertiary/aromatic N) is 2. The second-order valence-corrected chi connectivity index (χ2v) is 5.66. The van der Waals surface area contributed by atoms with Crippen LogP contribution in [0.3, 0.4) is 0 Å². The molecule has 1 fully saturated rings. The van der Waals surface area contributed by atoms with Gasteiger partial charge in [0.25, 0.3) is 0 Å². The van der Waals surface area contributed by atoms with E-state index in [2.05, 4.69) is 43.0 Å². The van der Waals surface area contributed by atoms with Crippen LogP contribution in [0.1, 0.15) is 26.7 Å². The molecule has 0 spiro atoms. The van der Waals surface area contributed by atoms with Crippen LogP contribution in [0.25, 0.3) is 10.2 Å². The highest BCUT2D eigenvalue weighted by atomic mass is 32.1. The Balaban J connectivity index is 2.05. The normalized spacial score (nSPS) is 25.5. The summed E-state index contributed by atoms with van der Waals surface area (Å²) in [4.78, 5) is 7.22. The van der Waals surface area contributed by atoms with Crippen LogP contribution < -0.4 is 4.90 Å². The lowest BCUT2D eigenvalue weighted by atomic mass is 10.2. The van der Waals surface area contributed by atoms with Gasteiger partial charge in [0, 0.05) is 12.1 Å². The summed E-state index contributed by atoms with van der Waals surface area (Å²) >= 11 is 1.82. The summed E-state index contributed by atoms with van der Waals surface area (Å²) in [5.74, 6) is 0. The van der Waals surface area contributed by atoms with E-state index >= 15 is 0 Å². The van der Waals surface area contributed by atoms with Crippen molar-refractivity contribution < 1.29 is 0 Å². The van der Waals surface area contributed by atoms with E-state index in [1.165, 1.54) is 22.7 Å². The summed E-state index contributed by atoms with van der Waals surface area (Å²) in [5, 5.41) is 1.19. The zero-order valence-corrected chi connectivity index (χ0v) is 10.5. The SMILES string of the molecule is C[C@H]1CC[C@H](C)N1c1nc2ccccc2s1. The molecule has 1 aromatic carbocycles. The Kier molecular flexibility index (Phi) is 2.36. The van der Waals surface area contributed by atoms with E-state index in [9.17, 15) is 0 Å². The molecule has 0 amide bonds. The molecular weight excluding hydrogens is 216 g/mol. The summed E-state index contributed by atoms with van der Waals surface area (Å²) in [6.45, 7) is 4.60. The summed E-state index contributed by atoms with van der Waals surface area (Å²) in [6.07, 6.45) is 2.58. The quantitative estimate of drug-likeness (QED) is 0.745. The van der Waals surface area contributed by atoms with E-state index in [1.807, 2.05) is 11.3 Å². The van der Waals surface area contributed by atoms with Gasteiger partial charge in [-0.15, -0.1) is 0 Å². The number of aromatic nitrogens is 1. The van der Waals surface area contributed by atoms with E-state index in [1.54, 1.807) is 0 Å². The summed E-state index contributed by atoms with van der Waals surface area (Å²) < 4.78 is 1.30. The van der Waals surface area contributed by atoms with Gasteiger partial charge in [-0.05, 0) is 38.8 Å². The van der Waals surface area contributed by atoms with Gasteiger partial charge in [0.05, 0.1) is 10.2 Å². The van der Waals surface area contributed by atoms with Crippen LogP contribution in [0.15, 0.2) is 24.3 Å². The molecule has 3 rings (SSSR count). The summed E-state index contributed by atoms with van der Waals surface area (Å²) in [7, 11) is 0. The molecule has 2 nitrogen and oxygen atoms in total. The summed E-state index contributed by atoms with van der Waals surface area (Å²) in [6, 6.07) is 9.66. The molecule has 2 atom stereocenters. The zero-order chi connectivity index (χ0) is 11.1. The minimum atomic E-state index is 0.635. The Hall–Kier alpha value is -1.09. The fraction of sp³-hybridized carbons (Fsp3) is 0.462. The van der Waals surface area contributed by atoms with Crippen LogP contribution in [-0.2, 0) is 0 Å². The Bertz CT molecular complexity index is 462. The smallest absolute Gasteiger partial charge is 0.186 e. The van der Waals surface area contributed by atoms with Crippen molar-refractivity contribution in [2.24, 2.45) is 0 Å². The maximum absolute atomic E-state index is 4.74. The minimum absolute atomic E-state index is 0.635. The van der Waals surface area contributed by atoms with Crippen molar-refractivity contribution in [1.29, 1.82) is 0 Å². The highest BCUT2D eigenvalue weighted by Gasteiger charge is 2.29. The average Bonchev–Trinajstić information content (AvgIpc) is 2.82. The van der Waals surface area contributed by atoms with Gasteiger partial charge in [-0.3, -0.25) is 0 Å². The number of hydrogen-bond donors (Lipinski definition) is 0. The number of anilines is 1. The maximum Gasteiger partial charge on any atom is 0.186 e. The number of thiazole rings is 1. The van der Waals surface area contributed by atoms with Crippen molar-refractivity contribution in [2.75, 3.05) is 4.90 Å². The van der Waals surface area contributed by atoms with Crippen LogP contribution in [0.4, 0.5) is 5.13 Å². The molecule has 0 bridgehead atoms. The second-order valence-electron chi connectivity index (χ2n) is 4.65. The highest BCUT2D eigenvalue weighted by Crippen LogP contribution is 2.35. The predicted molar refractivity (Wildman–Crippen MR) is 70.3 cm³/mol. The van der Waals surface area contributed by atoms with Crippen LogP contribution >= 0.6 is 11.3 Å². The van der Waals surface area contributed by atoms with Crippen molar-refractivity contribution >= 4 is 26.7 Å². The first-order valence-corrected chi connectivity index (χ1v) is 6.71. The van der Waals surface area contributed by atoms with Gasteiger partial charge in [-0.2, -0.15) is 0 Å². The number of benzene rings is 1. The zero-order valence-electron chi connectivity index (χ0n) is 9.68. The average molecular weight is 232 g/mol. The molecule has 1 aromatic heterocycles. The van der Waals surface area contributed by atoms with Crippen molar-refractivity contribution in [1.82, 2.24) is 4.98 Å². The van der Waals surface area contributed by atoms with E-state index in [-0.39, 0.29) is 0 Å². The molecule has 1 aliphatic heterocycles. The second kappa shape index (κ2) is 3.74. The Morgan fingerprint density at radius 1 is 1.19 bits per heavy atom. The van der Waals surface area contributed by atoms with Crippen molar-refractivity contribution in [3.8, 4) is 0 Å². The third kappa shape index (κ3) is 1.50. The van der Waals surface area contributed by atoms with Crippen molar-refractivity contribution in [3.05, 3.63) is 24.3 Å². The minimum Gasteiger partial charge on any atom is -0.343 e. The third-order valence-electron chi connectivity index (χ3n) is 3.46. The molecule has 0 aliphatic carbocycles. The lowest BCUT2D eigenvalue weighted by molar-refractivity contribution is 0.692. The van der Waals surface area contributed by atoms with E-state index in [0.717, 1.165) is 5.52 Å². The first-order valence-electron chi connectivity index (χ1n) is 5.89. The molecule has 2 heterocycles. The van der Waals surface area contributed by atoms with Crippen molar-refractivity contribution in [2.45, 2.75) is 38.8 Å². The van der Waals surface area contributed by atoms with E-state index in [4.69, 9.17) is 4.98 Å². The lowest BCUT2D eigenvalue weighted by Crippen LogP contribution is -2.32. The largest absolute Gasteiger partial charge is 0.343 e. The van der Waals surface area contributed by atoms with E-state index < -0.39 is 0 Å². The van der Waals surface area contributed by atoms with Crippen LogP contribution in [-0.4, -0.2) is 17.1 Å². The van der Waals surface area contributed by atoms with E-state index in [0.29, 0.717) is 12.1 Å². The molecule has 2 aromatic rings. The number of hydrogen-bond acceptors (Lipinski definition) is 3. The molecule has 3 heteroatoms. The lowest BCUT2D eigenvalue weighted by Gasteiger charge is -2.25. The van der Waals surface area contributed by atoms with Gasteiger partial charge in [0.2, 0.25) is 0 Å². The van der Waals surface area contributed by atoms with Gasteiger partial charge in [0.15, 0.2) is 5.13 Å². The predicted octanol–water partition coefficient (Wildman–Crippen LogP) is 3.67. The van der Waals surface area contributed by atoms with Gasteiger partial charge >= 0.3 is 0 Å². The van der Waals surface area contributed by atoms with Gasteiger partial charge in [0.1, 0.15) is 0 Å². The fourth-order valence-electron chi connectivity index (χ4n) is 2.54. The molecule has 0 radical (unpaired) electrons. The highest BCUT2D eigenvalue weighted by molar-refractivity contribution is 7.22. The number of fused-ring (bicyclic) bond motifs is 1. The number of rotatable bonds is 1. The van der Waals surface area contributed by atoms with Crippen LogP contribution in [0.2, 0.25) is 0 Å². The Morgan fingerprint density at radius 3 is 2.56 bits per heavy atom. The van der Waals surface area contributed by atoms with Gasteiger partial charge in [-0.25, -0.2) is 4.98 Å². The summed E-state index contributed by atoms with van der Waals surface area (Å²) in [5.41, 5.74) is 1.13. The number of para-hydroxylation sites is 1. The standard InChI is InChI=1S/C13H16N2S/c1-9-7-8-10(2)15(9)13-14-11-5-3-4-6-12(11)16-13/h3-6,9-10H,7-8H2,1-2H3/t9-,10-/m0/s1. The van der Waals surface area contributed by atoms with Crippen LogP contribution in [0, 0.1) is 0 Å². The first-order chi connectivity index (χ1) is 7.75. The topological polar surface area (TPSA) is 16.1 Å². The monoisotopic (exact) mass is 232 g/mol. The molecule has 1 aliphatic rings. The molecular formula is C13H16N2S. The fourth-order valence-corrected chi connectivity index (χ4v) is 3.71. The Labute approximate surface area is 99.9 Å². The molecule has 16 heavy (non-hydrogen) atoms. The molecule has 84 valence electrons. The molecule has 1 saturated heterocycles. The molecule has 0 saturated carbocycles. The molecule has 0 N–H and O–H groups in total. The van der Waals surface area contributed by atoms with Gasteiger partial charge in [-0.1, -0.05) is 23.5 Å². The first kappa shape index (κ1) is 10.1. The third-order valence-corrected chi connectivity index (χ3v) is 4.51. The Morgan fingerprint density at radius 2 is 1.88 bits per heavy atom. The van der Waals surface area contributed by atoms with Crippen molar-refractivity contribution in [3.63, 3.8) is 0 Å². The van der Waals surface area contributed by atoms with Gasteiger partial charge < -0.3 is 4.90 Å². The molecule has 0 unspecified atom stereocenters. The maximum atomic E-state index is 4.74. The van der Waals surface area contributed by atoms with Crippen LogP contribution in [0.5, 0.6) is 0 Å².